The summed E-state index contributed by atoms with van der Waals surface area (Å²) in [5.74, 6) is 2.94. The van der Waals surface area contributed by atoms with E-state index in [1.807, 2.05) is 36.4 Å². The summed E-state index contributed by atoms with van der Waals surface area (Å²) in [5.41, 5.74) is 7.86. The average molecular weight is 654 g/mol. The maximum Gasteiger partial charge on any atom is 0.172 e. The minimum atomic E-state index is 0.674. The summed E-state index contributed by atoms with van der Waals surface area (Å²) in [6.45, 7) is 0. The van der Waals surface area contributed by atoms with Gasteiger partial charge in [0.05, 0.1) is 11.1 Å². The van der Waals surface area contributed by atoms with Gasteiger partial charge in [-0.15, -0.1) is 0 Å². The summed E-state index contributed by atoms with van der Waals surface area (Å²) in [4.78, 5) is 2.25. The molecule has 0 saturated heterocycles. The molecule has 10 rings (SSSR count). The van der Waals surface area contributed by atoms with Crippen LogP contribution in [0.4, 0.5) is 17.1 Å². The van der Waals surface area contributed by atoms with E-state index < -0.39 is 0 Å². The molecule has 0 saturated carbocycles. The quantitative estimate of drug-likeness (QED) is 0.173. The number of hydrogen-bond donors (Lipinski definition) is 0. The van der Waals surface area contributed by atoms with Gasteiger partial charge in [-0.3, -0.25) is 0 Å². The van der Waals surface area contributed by atoms with Crippen LogP contribution in [0.2, 0.25) is 0 Å². The molecular weight excluding hydrogens is 623 g/mol. The van der Waals surface area contributed by atoms with Crippen LogP contribution >= 0.6 is 0 Å². The van der Waals surface area contributed by atoms with E-state index in [4.69, 9.17) is 9.47 Å². The Kier molecular flexibility index (Phi) is 6.81. The molecule has 1 heterocycles. The van der Waals surface area contributed by atoms with Gasteiger partial charge in [0.15, 0.2) is 11.5 Å². The molecule has 0 radical (unpaired) electrons. The van der Waals surface area contributed by atoms with Crippen LogP contribution in [0.25, 0.3) is 54.6 Å². The first kappa shape index (κ1) is 29.1. The average Bonchev–Trinajstić information content (AvgIpc) is 3.36. The third-order valence-electron chi connectivity index (χ3n) is 9.89. The summed E-state index contributed by atoms with van der Waals surface area (Å²) < 4.78 is 13.0. The first-order valence-electron chi connectivity index (χ1n) is 17.2. The zero-order valence-electron chi connectivity index (χ0n) is 27.7. The van der Waals surface area contributed by atoms with Crippen LogP contribution in [-0.2, 0) is 0 Å². The molecule has 3 nitrogen and oxygen atoms in total. The van der Waals surface area contributed by atoms with Crippen molar-refractivity contribution >= 4 is 49.4 Å². The molecule has 0 atom stereocenters. The third-order valence-corrected chi connectivity index (χ3v) is 9.89. The van der Waals surface area contributed by atoms with Crippen LogP contribution in [0, 0.1) is 0 Å². The van der Waals surface area contributed by atoms with Crippen LogP contribution in [0.3, 0.4) is 0 Å². The highest BCUT2D eigenvalue weighted by Gasteiger charge is 2.21. The molecule has 3 heteroatoms. The second kappa shape index (κ2) is 11.9. The number of ether oxygens (including phenoxy) is 2. The van der Waals surface area contributed by atoms with Crippen LogP contribution in [0.1, 0.15) is 0 Å². The van der Waals surface area contributed by atoms with Crippen LogP contribution in [0.15, 0.2) is 188 Å². The zero-order chi connectivity index (χ0) is 33.7. The van der Waals surface area contributed by atoms with Crippen molar-refractivity contribution in [2.24, 2.45) is 0 Å². The lowest BCUT2D eigenvalue weighted by molar-refractivity contribution is 0.439. The van der Waals surface area contributed by atoms with Crippen molar-refractivity contribution < 1.29 is 9.47 Å². The summed E-state index contributed by atoms with van der Waals surface area (Å²) in [6, 6.07) is 66.2. The number of anilines is 3. The van der Waals surface area contributed by atoms with Crippen molar-refractivity contribution in [3.63, 3.8) is 0 Å². The fourth-order valence-corrected chi connectivity index (χ4v) is 7.44. The van der Waals surface area contributed by atoms with Crippen molar-refractivity contribution in [2.45, 2.75) is 0 Å². The molecule has 51 heavy (non-hydrogen) atoms. The first-order chi connectivity index (χ1) is 25.3. The Balaban J connectivity index is 0.993. The third kappa shape index (κ3) is 5.06. The van der Waals surface area contributed by atoms with Gasteiger partial charge in [0.2, 0.25) is 0 Å². The predicted octanol–water partition coefficient (Wildman–Crippen LogP) is 13.8. The van der Waals surface area contributed by atoms with Crippen LogP contribution in [-0.4, -0.2) is 0 Å². The van der Waals surface area contributed by atoms with Gasteiger partial charge >= 0.3 is 0 Å². The number of hydrogen-bond acceptors (Lipinski definition) is 3. The van der Waals surface area contributed by atoms with Gasteiger partial charge in [-0.1, -0.05) is 127 Å². The summed E-state index contributed by atoms with van der Waals surface area (Å²) in [7, 11) is 0. The lowest BCUT2D eigenvalue weighted by Gasteiger charge is -2.26. The van der Waals surface area contributed by atoms with Gasteiger partial charge in [-0.2, -0.15) is 0 Å². The van der Waals surface area contributed by atoms with E-state index in [9.17, 15) is 0 Å². The Morgan fingerprint density at radius 2 is 0.863 bits per heavy atom. The molecule has 0 bridgehead atoms. The lowest BCUT2D eigenvalue weighted by Crippen LogP contribution is -2.10. The Morgan fingerprint density at radius 3 is 1.61 bits per heavy atom. The fourth-order valence-electron chi connectivity index (χ4n) is 7.44. The highest BCUT2D eigenvalue weighted by molar-refractivity contribution is 6.13. The van der Waals surface area contributed by atoms with E-state index in [1.165, 1.54) is 38.2 Å². The minimum Gasteiger partial charge on any atom is -0.453 e. The maximum atomic E-state index is 6.55. The molecule has 1 aliphatic heterocycles. The molecule has 240 valence electrons. The van der Waals surface area contributed by atoms with E-state index in [-0.39, 0.29) is 0 Å². The van der Waals surface area contributed by atoms with E-state index in [0.29, 0.717) is 11.5 Å². The molecule has 0 unspecified atom stereocenters. The molecule has 9 aromatic carbocycles. The zero-order valence-corrected chi connectivity index (χ0v) is 27.7. The van der Waals surface area contributed by atoms with Crippen molar-refractivity contribution in [3.8, 4) is 45.3 Å². The van der Waals surface area contributed by atoms with Crippen LogP contribution in [0.5, 0.6) is 23.0 Å². The number of fused-ring (bicyclic) bond motifs is 4. The van der Waals surface area contributed by atoms with E-state index >= 15 is 0 Å². The van der Waals surface area contributed by atoms with Crippen molar-refractivity contribution in [3.05, 3.63) is 188 Å². The second-order valence-electron chi connectivity index (χ2n) is 12.9. The van der Waals surface area contributed by atoms with Crippen molar-refractivity contribution in [1.29, 1.82) is 0 Å². The predicted molar refractivity (Wildman–Crippen MR) is 211 cm³/mol. The molecule has 1 aliphatic rings. The first-order valence-corrected chi connectivity index (χ1v) is 17.2. The Morgan fingerprint density at radius 1 is 0.314 bits per heavy atom. The van der Waals surface area contributed by atoms with Gasteiger partial charge in [-0.05, 0) is 104 Å². The Labute approximate surface area is 296 Å². The highest BCUT2D eigenvalue weighted by Crippen LogP contribution is 2.48. The standard InChI is InChI=1S/C48H31NO2/c1-2-13-37(14-3-1)49(39-28-29-44-47(31-39)51-46-19-9-12-35-11-8-18-45(50-44)48(35)46)38-26-24-33(25-27-38)32-20-22-34(23-21-32)43-30-36-10-4-5-15-40(36)41-16-6-7-17-42(41)43/h1-31H. The van der Waals surface area contributed by atoms with E-state index in [0.717, 1.165) is 44.9 Å². The van der Waals surface area contributed by atoms with Gasteiger partial charge in [-0.25, -0.2) is 0 Å². The monoisotopic (exact) mass is 653 g/mol. The Hall–Kier alpha value is -6.84. The molecule has 9 aromatic rings. The summed E-state index contributed by atoms with van der Waals surface area (Å²) in [5, 5.41) is 7.15. The maximum absolute atomic E-state index is 6.55. The number of nitrogens with zero attached hydrogens (tertiary/aromatic N) is 1. The second-order valence-corrected chi connectivity index (χ2v) is 12.9. The van der Waals surface area contributed by atoms with E-state index in [2.05, 4.69) is 157 Å². The van der Waals surface area contributed by atoms with Crippen molar-refractivity contribution in [1.82, 2.24) is 0 Å². The summed E-state index contributed by atoms with van der Waals surface area (Å²) >= 11 is 0. The lowest BCUT2D eigenvalue weighted by atomic mass is 9.92. The number of para-hydroxylation sites is 1. The van der Waals surface area contributed by atoms with Gasteiger partial charge in [0.25, 0.3) is 0 Å². The SMILES string of the molecule is c1ccc(N(c2ccc(-c3ccc(-c4cc5ccccc5c5ccccc45)cc3)cc2)c2ccc3c(c2)Oc2cccc4cccc(c24)O3)cc1. The molecular formula is C48H31NO2. The van der Waals surface area contributed by atoms with Gasteiger partial charge in [0, 0.05) is 17.4 Å². The van der Waals surface area contributed by atoms with Crippen molar-refractivity contribution in [2.75, 3.05) is 4.90 Å². The molecule has 0 fully saturated rings. The Bertz CT molecular complexity index is 2730. The summed E-state index contributed by atoms with van der Waals surface area (Å²) in [6.07, 6.45) is 0. The highest BCUT2D eigenvalue weighted by atomic mass is 16.5. The molecule has 0 spiro atoms. The molecule has 0 amide bonds. The van der Waals surface area contributed by atoms with Gasteiger partial charge < -0.3 is 14.4 Å². The topological polar surface area (TPSA) is 21.7 Å². The number of benzene rings is 9. The fraction of sp³-hybridized carbons (Fsp3) is 0. The van der Waals surface area contributed by atoms with E-state index in [1.54, 1.807) is 0 Å². The largest absolute Gasteiger partial charge is 0.453 e. The smallest absolute Gasteiger partial charge is 0.172 e. The minimum absolute atomic E-state index is 0.674. The molecule has 0 aliphatic carbocycles. The normalized spacial score (nSPS) is 11.8. The molecule has 0 N–H and O–H groups in total. The van der Waals surface area contributed by atoms with Gasteiger partial charge in [0.1, 0.15) is 11.5 Å². The number of rotatable bonds is 5. The van der Waals surface area contributed by atoms with Crippen LogP contribution < -0.4 is 14.4 Å². The molecule has 0 aromatic heterocycles.